The SMILES string of the molecule is O=C(Cc1cccs1)c1cncc(F)c1. The molecule has 2 heterocycles. The summed E-state index contributed by atoms with van der Waals surface area (Å²) >= 11 is 1.52. The first kappa shape index (κ1) is 9.98. The molecule has 76 valence electrons. The van der Waals surface area contributed by atoms with E-state index in [9.17, 15) is 9.18 Å². The molecular weight excluding hydrogens is 213 g/mol. The van der Waals surface area contributed by atoms with Crippen molar-refractivity contribution in [2.24, 2.45) is 0 Å². The molecule has 4 heteroatoms. The number of nitrogens with zero attached hydrogens (tertiary/aromatic N) is 1. The van der Waals surface area contributed by atoms with Gasteiger partial charge in [-0.2, -0.15) is 0 Å². The predicted molar refractivity (Wildman–Crippen MR) is 56.5 cm³/mol. The van der Waals surface area contributed by atoms with Gasteiger partial charge >= 0.3 is 0 Å². The van der Waals surface area contributed by atoms with Gasteiger partial charge in [-0.3, -0.25) is 9.78 Å². The van der Waals surface area contributed by atoms with E-state index < -0.39 is 5.82 Å². The molecule has 0 spiro atoms. The zero-order valence-electron chi connectivity index (χ0n) is 7.81. The van der Waals surface area contributed by atoms with Gasteiger partial charge in [0.2, 0.25) is 0 Å². The molecule has 0 aliphatic rings. The molecule has 0 unspecified atom stereocenters. The maximum Gasteiger partial charge on any atom is 0.169 e. The lowest BCUT2D eigenvalue weighted by Crippen LogP contribution is -2.03. The molecule has 0 radical (unpaired) electrons. The van der Waals surface area contributed by atoms with E-state index in [4.69, 9.17) is 0 Å². The molecule has 2 rings (SSSR count). The van der Waals surface area contributed by atoms with Crippen LogP contribution in [-0.2, 0) is 6.42 Å². The standard InChI is InChI=1S/C11H8FNOS/c12-9-4-8(6-13-7-9)11(14)5-10-2-1-3-15-10/h1-4,6-7H,5H2. The van der Waals surface area contributed by atoms with E-state index in [-0.39, 0.29) is 5.78 Å². The summed E-state index contributed by atoms with van der Waals surface area (Å²) in [6.07, 6.45) is 2.78. The largest absolute Gasteiger partial charge is 0.294 e. The van der Waals surface area contributed by atoms with E-state index in [0.717, 1.165) is 11.1 Å². The molecule has 15 heavy (non-hydrogen) atoms. The van der Waals surface area contributed by atoms with Crippen LogP contribution >= 0.6 is 11.3 Å². The van der Waals surface area contributed by atoms with Crippen LogP contribution in [0, 0.1) is 5.82 Å². The second-order valence-electron chi connectivity index (χ2n) is 3.07. The van der Waals surface area contributed by atoms with Gasteiger partial charge < -0.3 is 0 Å². The highest BCUT2D eigenvalue weighted by Crippen LogP contribution is 2.12. The lowest BCUT2D eigenvalue weighted by Gasteiger charge is -1.98. The quantitative estimate of drug-likeness (QED) is 0.746. The molecule has 0 N–H and O–H groups in total. The molecule has 0 bridgehead atoms. The van der Waals surface area contributed by atoms with E-state index in [1.807, 2.05) is 17.5 Å². The van der Waals surface area contributed by atoms with Crippen molar-refractivity contribution in [2.45, 2.75) is 6.42 Å². The minimum Gasteiger partial charge on any atom is -0.294 e. The average molecular weight is 221 g/mol. The van der Waals surface area contributed by atoms with Crippen molar-refractivity contribution < 1.29 is 9.18 Å². The van der Waals surface area contributed by atoms with Gasteiger partial charge in [0.05, 0.1) is 6.20 Å². The highest BCUT2D eigenvalue weighted by atomic mass is 32.1. The summed E-state index contributed by atoms with van der Waals surface area (Å²) in [6, 6.07) is 4.98. The number of hydrogen-bond donors (Lipinski definition) is 0. The van der Waals surface area contributed by atoms with Crippen LogP contribution in [0.5, 0.6) is 0 Å². The maximum absolute atomic E-state index is 12.8. The van der Waals surface area contributed by atoms with Crippen molar-refractivity contribution in [3.05, 3.63) is 52.2 Å². The van der Waals surface area contributed by atoms with Crippen LogP contribution < -0.4 is 0 Å². The Hall–Kier alpha value is -1.55. The molecule has 0 aromatic carbocycles. The Kier molecular flexibility index (Phi) is 2.87. The van der Waals surface area contributed by atoms with Crippen molar-refractivity contribution in [1.29, 1.82) is 0 Å². The summed E-state index contributed by atoms with van der Waals surface area (Å²) < 4.78 is 12.8. The second kappa shape index (κ2) is 4.31. The van der Waals surface area contributed by atoms with E-state index in [1.165, 1.54) is 23.6 Å². The van der Waals surface area contributed by atoms with Crippen LogP contribution in [0.4, 0.5) is 4.39 Å². The normalized spacial score (nSPS) is 10.2. The highest BCUT2D eigenvalue weighted by Gasteiger charge is 2.08. The Bertz CT molecular complexity index is 467. The lowest BCUT2D eigenvalue weighted by atomic mass is 10.1. The zero-order chi connectivity index (χ0) is 10.7. The van der Waals surface area contributed by atoms with Crippen LogP contribution in [0.25, 0.3) is 0 Å². The smallest absolute Gasteiger partial charge is 0.169 e. The topological polar surface area (TPSA) is 30.0 Å². The number of rotatable bonds is 3. The third-order valence-electron chi connectivity index (χ3n) is 1.94. The Labute approximate surface area is 90.4 Å². The molecule has 0 aliphatic carbocycles. The van der Waals surface area contributed by atoms with Crippen molar-refractivity contribution in [3.8, 4) is 0 Å². The van der Waals surface area contributed by atoms with Gasteiger partial charge in [0.1, 0.15) is 5.82 Å². The first-order valence-electron chi connectivity index (χ1n) is 4.42. The van der Waals surface area contributed by atoms with Gasteiger partial charge in [-0.05, 0) is 17.5 Å². The number of aromatic nitrogens is 1. The summed E-state index contributed by atoms with van der Waals surface area (Å²) in [4.78, 5) is 16.3. The van der Waals surface area contributed by atoms with Crippen LogP contribution in [0.3, 0.4) is 0 Å². The fourth-order valence-electron chi connectivity index (χ4n) is 1.24. The molecule has 0 atom stereocenters. The molecule has 0 saturated heterocycles. The van der Waals surface area contributed by atoms with Gasteiger partial charge in [-0.25, -0.2) is 4.39 Å². The van der Waals surface area contributed by atoms with Crippen molar-refractivity contribution in [1.82, 2.24) is 4.98 Å². The number of thiophene rings is 1. The molecule has 0 amide bonds. The molecular formula is C11H8FNOS. The Morgan fingerprint density at radius 3 is 3.00 bits per heavy atom. The van der Waals surface area contributed by atoms with Gasteiger partial charge in [0.15, 0.2) is 5.78 Å². The molecule has 0 fully saturated rings. The second-order valence-corrected chi connectivity index (χ2v) is 4.10. The fraction of sp³-hybridized carbons (Fsp3) is 0.0909. The monoisotopic (exact) mass is 221 g/mol. The number of carbonyl (C=O) groups excluding carboxylic acids is 1. The highest BCUT2D eigenvalue weighted by molar-refractivity contribution is 7.10. The van der Waals surface area contributed by atoms with Crippen LogP contribution in [0.2, 0.25) is 0 Å². The first-order valence-corrected chi connectivity index (χ1v) is 5.30. The van der Waals surface area contributed by atoms with Crippen molar-refractivity contribution >= 4 is 17.1 Å². The van der Waals surface area contributed by atoms with Crippen molar-refractivity contribution in [2.75, 3.05) is 0 Å². The number of halogens is 1. The van der Waals surface area contributed by atoms with Gasteiger partial charge in [-0.1, -0.05) is 6.07 Å². The summed E-state index contributed by atoms with van der Waals surface area (Å²) in [7, 11) is 0. The lowest BCUT2D eigenvalue weighted by molar-refractivity contribution is 0.0993. The Morgan fingerprint density at radius 2 is 2.33 bits per heavy atom. The molecule has 2 aromatic heterocycles. The number of Topliss-reactive ketones (excluding diaryl/α,β-unsaturated/α-hetero) is 1. The summed E-state index contributed by atoms with van der Waals surface area (Å²) in [5.41, 5.74) is 0.323. The van der Waals surface area contributed by atoms with Crippen LogP contribution in [0.1, 0.15) is 15.2 Å². The third kappa shape index (κ3) is 2.47. The van der Waals surface area contributed by atoms with Crippen LogP contribution in [-0.4, -0.2) is 10.8 Å². The maximum atomic E-state index is 12.8. The molecule has 0 saturated carbocycles. The fourth-order valence-corrected chi connectivity index (χ4v) is 1.94. The Morgan fingerprint density at radius 1 is 1.47 bits per heavy atom. The van der Waals surface area contributed by atoms with E-state index in [1.54, 1.807) is 0 Å². The van der Waals surface area contributed by atoms with Gasteiger partial charge in [-0.15, -0.1) is 11.3 Å². The first-order chi connectivity index (χ1) is 7.25. The third-order valence-corrected chi connectivity index (χ3v) is 2.82. The number of pyridine rings is 1. The minimum absolute atomic E-state index is 0.107. The van der Waals surface area contributed by atoms with E-state index >= 15 is 0 Å². The predicted octanol–water partition coefficient (Wildman–Crippen LogP) is 2.71. The summed E-state index contributed by atoms with van der Waals surface area (Å²) in [6.45, 7) is 0. The number of ketones is 1. The average Bonchev–Trinajstić information content (AvgIpc) is 2.70. The summed E-state index contributed by atoms with van der Waals surface area (Å²) in [5, 5.41) is 1.91. The van der Waals surface area contributed by atoms with Gasteiger partial charge in [0.25, 0.3) is 0 Å². The van der Waals surface area contributed by atoms with Crippen LogP contribution in [0.15, 0.2) is 36.0 Å². The minimum atomic E-state index is -0.480. The van der Waals surface area contributed by atoms with E-state index in [2.05, 4.69) is 4.98 Å². The number of carbonyl (C=O) groups is 1. The van der Waals surface area contributed by atoms with Gasteiger partial charge in [0, 0.05) is 23.1 Å². The zero-order valence-corrected chi connectivity index (χ0v) is 8.63. The Balaban J connectivity index is 2.15. The molecule has 2 aromatic rings. The molecule has 2 nitrogen and oxygen atoms in total. The number of hydrogen-bond acceptors (Lipinski definition) is 3. The molecule has 0 aliphatic heterocycles. The van der Waals surface area contributed by atoms with E-state index in [0.29, 0.717) is 12.0 Å². The summed E-state index contributed by atoms with van der Waals surface area (Å²) in [5.74, 6) is -0.587. The van der Waals surface area contributed by atoms with Crippen molar-refractivity contribution in [3.63, 3.8) is 0 Å².